The smallest absolute Gasteiger partial charge is 0.0567 e. The summed E-state index contributed by atoms with van der Waals surface area (Å²) in [6, 6.07) is 0. The fourth-order valence-corrected chi connectivity index (χ4v) is 0.370. The lowest BCUT2D eigenvalue weighted by atomic mass is 10.4. The molecule has 0 aromatic carbocycles. The van der Waals surface area contributed by atoms with E-state index in [1.165, 1.54) is 5.01 Å². The molecule has 0 amide bonds. The van der Waals surface area contributed by atoms with Gasteiger partial charge < -0.3 is 5.01 Å². The SMILES string of the molecule is C=N/C(C)=C(/C)N(C)N. The minimum Gasteiger partial charge on any atom is -0.317 e. The van der Waals surface area contributed by atoms with Gasteiger partial charge in [0.05, 0.1) is 5.70 Å². The van der Waals surface area contributed by atoms with Gasteiger partial charge in [0.15, 0.2) is 0 Å². The molecule has 0 aromatic heterocycles. The normalized spacial score (nSPS) is 12.4. The molecule has 0 heterocycles. The molecule has 2 N–H and O–H groups in total. The second-order valence-corrected chi connectivity index (χ2v) is 1.94. The predicted octanol–water partition coefficient (Wildman–Crippen LogP) is 0.744. The van der Waals surface area contributed by atoms with E-state index in [1.54, 1.807) is 7.05 Å². The van der Waals surface area contributed by atoms with Crippen molar-refractivity contribution < 1.29 is 0 Å². The number of hydrazine groups is 1. The maximum atomic E-state index is 5.40. The number of hydrogen-bond acceptors (Lipinski definition) is 3. The van der Waals surface area contributed by atoms with Gasteiger partial charge in [-0.05, 0) is 20.6 Å². The molecule has 3 heteroatoms. The third-order valence-electron chi connectivity index (χ3n) is 1.29. The first-order chi connectivity index (χ1) is 4.09. The van der Waals surface area contributed by atoms with E-state index in [0.717, 1.165) is 11.4 Å². The number of allylic oxidation sites excluding steroid dienone is 2. The summed E-state index contributed by atoms with van der Waals surface area (Å²) in [5, 5.41) is 1.52. The molecule has 0 saturated carbocycles. The zero-order valence-corrected chi connectivity index (χ0v) is 6.18. The summed E-state index contributed by atoms with van der Waals surface area (Å²) in [6.07, 6.45) is 0. The van der Waals surface area contributed by atoms with Gasteiger partial charge in [-0.15, -0.1) is 0 Å². The standard InChI is InChI=1S/C6H13N3/c1-5(8-3)6(2)9(4)7/h3,7H2,1-2,4H3/b6-5-. The molecule has 0 spiro atoms. The summed E-state index contributed by atoms with van der Waals surface area (Å²) < 4.78 is 0. The van der Waals surface area contributed by atoms with Gasteiger partial charge in [-0.3, -0.25) is 4.99 Å². The molecule has 0 fully saturated rings. The van der Waals surface area contributed by atoms with Crippen molar-refractivity contribution in [3.8, 4) is 0 Å². The molecule has 0 aromatic rings. The summed E-state index contributed by atoms with van der Waals surface area (Å²) in [5.41, 5.74) is 1.80. The number of nitrogens with zero attached hydrogens (tertiary/aromatic N) is 2. The van der Waals surface area contributed by atoms with Crippen LogP contribution in [0.4, 0.5) is 0 Å². The van der Waals surface area contributed by atoms with Crippen LogP contribution in [0.25, 0.3) is 0 Å². The molecule has 3 nitrogen and oxygen atoms in total. The Morgan fingerprint density at radius 2 is 2.00 bits per heavy atom. The van der Waals surface area contributed by atoms with E-state index in [-0.39, 0.29) is 0 Å². The Morgan fingerprint density at radius 1 is 1.56 bits per heavy atom. The van der Waals surface area contributed by atoms with Crippen molar-refractivity contribution in [1.29, 1.82) is 0 Å². The van der Waals surface area contributed by atoms with Crippen LogP contribution >= 0.6 is 0 Å². The van der Waals surface area contributed by atoms with Crippen LogP contribution in [0.3, 0.4) is 0 Å². The third kappa shape index (κ3) is 2.28. The quantitative estimate of drug-likeness (QED) is 0.338. The van der Waals surface area contributed by atoms with Crippen molar-refractivity contribution >= 4 is 6.72 Å². The number of aliphatic imine (C=N–C) groups is 1. The average molecular weight is 127 g/mol. The van der Waals surface area contributed by atoms with Crippen LogP contribution in [0.5, 0.6) is 0 Å². The van der Waals surface area contributed by atoms with Gasteiger partial charge in [0.25, 0.3) is 0 Å². The summed E-state index contributed by atoms with van der Waals surface area (Å²) in [5.74, 6) is 5.40. The minimum atomic E-state index is 0.861. The highest BCUT2D eigenvalue weighted by Gasteiger charge is 1.94. The van der Waals surface area contributed by atoms with Crippen molar-refractivity contribution in [2.45, 2.75) is 13.8 Å². The fourth-order valence-electron chi connectivity index (χ4n) is 0.370. The van der Waals surface area contributed by atoms with Crippen LogP contribution in [0.15, 0.2) is 16.4 Å². The Balaban J connectivity index is 4.27. The molecule has 0 aliphatic heterocycles. The first-order valence-electron chi connectivity index (χ1n) is 2.72. The number of nitrogens with two attached hydrogens (primary N) is 1. The van der Waals surface area contributed by atoms with Crippen LogP contribution in [-0.2, 0) is 0 Å². The molecule has 0 atom stereocenters. The molecule has 0 rings (SSSR count). The van der Waals surface area contributed by atoms with Crippen LogP contribution in [0.1, 0.15) is 13.8 Å². The average Bonchev–Trinajstić information content (AvgIpc) is 1.84. The molecule has 0 bridgehead atoms. The Labute approximate surface area is 55.8 Å². The fraction of sp³-hybridized carbons (Fsp3) is 0.500. The Kier molecular flexibility index (Phi) is 2.95. The Hall–Kier alpha value is -0.830. The van der Waals surface area contributed by atoms with E-state index in [1.807, 2.05) is 13.8 Å². The van der Waals surface area contributed by atoms with Crippen LogP contribution in [0, 0.1) is 0 Å². The van der Waals surface area contributed by atoms with Crippen molar-refractivity contribution in [2.24, 2.45) is 10.8 Å². The summed E-state index contributed by atoms with van der Waals surface area (Å²) in [4.78, 5) is 3.72. The van der Waals surface area contributed by atoms with Crippen molar-refractivity contribution in [1.82, 2.24) is 5.01 Å². The molecule has 52 valence electrons. The molecule has 0 unspecified atom stereocenters. The van der Waals surface area contributed by atoms with E-state index in [9.17, 15) is 0 Å². The zero-order valence-electron chi connectivity index (χ0n) is 6.18. The van der Waals surface area contributed by atoms with Crippen LogP contribution < -0.4 is 5.84 Å². The number of rotatable bonds is 2. The maximum absolute atomic E-state index is 5.40. The van der Waals surface area contributed by atoms with E-state index in [0.29, 0.717) is 0 Å². The van der Waals surface area contributed by atoms with Gasteiger partial charge in [0.2, 0.25) is 0 Å². The highest BCUT2D eigenvalue weighted by atomic mass is 15.4. The van der Waals surface area contributed by atoms with Crippen molar-refractivity contribution in [2.75, 3.05) is 7.05 Å². The molecular weight excluding hydrogens is 114 g/mol. The first-order valence-corrected chi connectivity index (χ1v) is 2.72. The topological polar surface area (TPSA) is 41.6 Å². The van der Waals surface area contributed by atoms with Crippen molar-refractivity contribution in [3.05, 3.63) is 11.4 Å². The molecule has 9 heavy (non-hydrogen) atoms. The molecule has 0 radical (unpaired) electrons. The minimum absolute atomic E-state index is 0.861. The van der Waals surface area contributed by atoms with E-state index < -0.39 is 0 Å². The second-order valence-electron chi connectivity index (χ2n) is 1.94. The molecule has 0 aliphatic carbocycles. The van der Waals surface area contributed by atoms with Crippen LogP contribution in [-0.4, -0.2) is 18.8 Å². The van der Waals surface area contributed by atoms with Crippen molar-refractivity contribution in [3.63, 3.8) is 0 Å². The van der Waals surface area contributed by atoms with Gasteiger partial charge in [-0.25, -0.2) is 5.84 Å². The number of hydrogen-bond donors (Lipinski definition) is 1. The lowest BCUT2D eigenvalue weighted by Gasteiger charge is -2.12. The highest BCUT2D eigenvalue weighted by Crippen LogP contribution is 2.03. The third-order valence-corrected chi connectivity index (χ3v) is 1.29. The lowest BCUT2D eigenvalue weighted by molar-refractivity contribution is 0.436. The maximum Gasteiger partial charge on any atom is 0.0567 e. The lowest BCUT2D eigenvalue weighted by Crippen LogP contribution is -2.24. The molecular formula is C6H13N3. The monoisotopic (exact) mass is 127 g/mol. The van der Waals surface area contributed by atoms with Gasteiger partial charge in [-0.1, -0.05) is 0 Å². The summed E-state index contributed by atoms with van der Waals surface area (Å²) in [7, 11) is 1.77. The van der Waals surface area contributed by atoms with Gasteiger partial charge in [0.1, 0.15) is 0 Å². The first kappa shape index (κ1) is 8.17. The van der Waals surface area contributed by atoms with Crippen LogP contribution in [0.2, 0.25) is 0 Å². The highest BCUT2D eigenvalue weighted by molar-refractivity contribution is 5.29. The van der Waals surface area contributed by atoms with Gasteiger partial charge in [0, 0.05) is 12.7 Å². The van der Waals surface area contributed by atoms with E-state index >= 15 is 0 Å². The Bertz CT molecular complexity index is 135. The van der Waals surface area contributed by atoms with E-state index in [2.05, 4.69) is 11.7 Å². The van der Waals surface area contributed by atoms with E-state index in [4.69, 9.17) is 5.84 Å². The summed E-state index contributed by atoms with van der Waals surface area (Å²) in [6.45, 7) is 7.13. The zero-order chi connectivity index (χ0) is 7.44. The molecule has 0 saturated heterocycles. The summed E-state index contributed by atoms with van der Waals surface area (Å²) >= 11 is 0. The Morgan fingerprint density at radius 3 is 2.11 bits per heavy atom. The predicted molar refractivity (Wildman–Crippen MR) is 39.9 cm³/mol. The largest absolute Gasteiger partial charge is 0.317 e. The molecule has 0 aliphatic rings. The van der Waals surface area contributed by atoms with Gasteiger partial charge >= 0.3 is 0 Å². The second kappa shape index (κ2) is 3.25. The van der Waals surface area contributed by atoms with Gasteiger partial charge in [-0.2, -0.15) is 0 Å².